The molecule has 1 rings (SSSR count). The molecule has 1 atom stereocenters. The van der Waals surface area contributed by atoms with E-state index in [0.717, 1.165) is 25.3 Å². The van der Waals surface area contributed by atoms with E-state index in [0.29, 0.717) is 11.6 Å². The second-order valence-corrected chi connectivity index (χ2v) is 7.53. The van der Waals surface area contributed by atoms with Crippen LogP contribution in [0.4, 0.5) is 0 Å². The minimum atomic E-state index is -2.94. The molecule has 0 aromatic rings. The minimum Gasteiger partial charge on any atom is -0.286 e. The lowest BCUT2D eigenvalue weighted by molar-refractivity contribution is 0.271. The van der Waals surface area contributed by atoms with Crippen molar-refractivity contribution in [3.05, 3.63) is 0 Å². The summed E-state index contributed by atoms with van der Waals surface area (Å²) in [5.74, 6) is 2.56. The Bertz CT molecular complexity index is 282. The van der Waals surface area contributed by atoms with E-state index in [1.165, 1.54) is 0 Å². The molecule has 90 valence electrons. The number of nitrogens with zero attached hydrogens (tertiary/aromatic N) is 1. The van der Waals surface area contributed by atoms with Gasteiger partial charge in [0.15, 0.2) is 9.84 Å². The fraction of sp³-hybridized carbons (Fsp3) is 1.00. The van der Waals surface area contributed by atoms with Crippen LogP contribution < -0.4 is 0 Å². The highest BCUT2D eigenvalue weighted by molar-refractivity contribution is 8.01. The fourth-order valence-electron chi connectivity index (χ4n) is 1.66. The zero-order valence-corrected chi connectivity index (χ0v) is 11.4. The Morgan fingerprint density at radius 3 is 2.87 bits per heavy atom. The monoisotopic (exact) mass is 271 g/mol. The van der Waals surface area contributed by atoms with Crippen LogP contribution in [0.15, 0.2) is 0 Å². The Balaban J connectivity index is 2.65. The van der Waals surface area contributed by atoms with Crippen molar-refractivity contribution in [3.8, 4) is 0 Å². The third kappa shape index (κ3) is 3.80. The summed E-state index contributed by atoms with van der Waals surface area (Å²) in [7, 11) is -2.94. The largest absolute Gasteiger partial charge is 0.286 e. The van der Waals surface area contributed by atoms with Crippen molar-refractivity contribution in [2.75, 3.05) is 36.2 Å². The van der Waals surface area contributed by atoms with Gasteiger partial charge in [0.2, 0.25) is 0 Å². The third-order valence-electron chi connectivity index (χ3n) is 2.59. The van der Waals surface area contributed by atoms with E-state index in [2.05, 4.69) is 4.90 Å². The lowest BCUT2D eigenvalue weighted by Crippen LogP contribution is -2.48. The average Bonchev–Trinajstić information content (AvgIpc) is 2.26. The number of rotatable bonds is 5. The van der Waals surface area contributed by atoms with E-state index in [1.807, 2.05) is 0 Å². The van der Waals surface area contributed by atoms with E-state index < -0.39 is 9.84 Å². The molecular weight excluding hydrogens is 254 g/mol. The number of thioether (sulfide) groups is 1. The summed E-state index contributed by atoms with van der Waals surface area (Å²) in [5, 5.41) is -0.288. The molecule has 1 heterocycles. The zero-order chi connectivity index (χ0) is 11.3. The van der Waals surface area contributed by atoms with Crippen molar-refractivity contribution in [1.82, 2.24) is 4.90 Å². The number of sulfone groups is 1. The Morgan fingerprint density at radius 2 is 2.27 bits per heavy atom. The van der Waals surface area contributed by atoms with Crippen molar-refractivity contribution in [2.24, 2.45) is 0 Å². The van der Waals surface area contributed by atoms with Crippen LogP contribution in [-0.4, -0.2) is 54.9 Å². The Labute approximate surface area is 101 Å². The van der Waals surface area contributed by atoms with Crippen LogP contribution in [0.5, 0.6) is 0 Å². The highest BCUT2D eigenvalue weighted by Crippen LogP contribution is 2.21. The summed E-state index contributed by atoms with van der Waals surface area (Å²) < 4.78 is 23.7. The molecule has 0 aromatic carbocycles. The molecule has 0 spiro atoms. The molecule has 0 radical (unpaired) electrons. The second kappa shape index (κ2) is 6.33. The topological polar surface area (TPSA) is 37.4 Å². The van der Waals surface area contributed by atoms with Crippen molar-refractivity contribution >= 4 is 33.2 Å². The van der Waals surface area contributed by atoms with Gasteiger partial charge in [-0.25, -0.2) is 8.42 Å². The molecule has 15 heavy (non-hydrogen) atoms. The van der Waals surface area contributed by atoms with E-state index in [1.54, 1.807) is 18.7 Å². The maximum atomic E-state index is 11.8. The van der Waals surface area contributed by atoms with Crippen LogP contribution in [0.3, 0.4) is 0 Å². The molecule has 6 heteroatoms. The van der Waals surface area contributed by atoms with Crippen LogP contribution in [0, 0.1) is 0 Å². The van der Waals surface area contributed by atoms with Gasteiger partial charge in [-0.1, -0.05) is 6.92 Å². The smallest absolute Gasteiger partial charge is 0.166 e. The third-order valence-corrected chi connectivity index (χ3v) is 6.19. The van der Waals surface area contributed by atoms with Gasteiger partial charge in [0.05, 0.1) is 0 Å². The van der Waals surface area contributed by atoms with Gasteiger partial charge in [-0.2, -0.15) is 11.8 Å². The van der Waals surface area contributed by atoms with Gasteiger partial charge in [0, 0.05) is 36.2 Å². The standard InChI is InChI=1S/C9H18ClNO2S2/c1-2-15(12,13)9-8-14-7-6-11(9)5-3-4-10/h9H,2-8H2,1H3. The van der Waals surface area contributed by atoms with E-state index >= 15 is 0 Å². The molecule has 1 saturated heterocycles. The maximum absolute atomic E-state index is 11.8. The number of hydrogen-bond acceptors (Lipinski definition) is 4. The molecule has 0 amide bonds. The predicted molar refractivity (Wildman–Crippen MR) is 67.5 cm³/mol. The SMILES string of the molecule is CCS(=O)(=O)C1CSCCN1CCCCl. The normalized spacial score (nSPS) is 24.3. The van der Waals surface area contributed by atoms with Crippen LogP contribution in [0.1, 0.15) is 13.3 Å². The van der Waals surface area contributed by atoms with Crippen molar-refractivity contribution in [2.45, 2.75) is 18.7 Å². The van der Waals surface area contributed by atoms with Crippen LogP contribution in [0.2, 0.25) is 0 Å². The van der Waals surface area contributed by atoms with Crippen LogP contribution >= 0.6 is 23.4 Å². The first-order valence-electron chi connectivity index (χ1n) is 5.21. The average molecular weight is 272 g/mol. The molecule has 0 N–H and O–H groups in total. The summed E-state index contributed by atoms with van der Waals surface area (Å²) in [6, 6.07) is 0. The lowest BCUT2D eigenvalue weighted by Gasteiger charge is -2.34. The predicted octanol–water partition coefficient (Wildman–Crippen LogP) is 1.42. The zero-order valence-electron chi connectivity index (χ0n) is 8.99. The first-order chi connectivity index (χ1) is 7.11. The first-order valence-corrected chi connectivity index (χ1v) is 8.61. The number of alkyl halides is 1. The number of hydrogen-bond donors (Lipinski definition) is 0. The van der Waals surface area contributed by atoms with Crippen LogP contribution in [-0.2, 0) is 9.84 Å². The molecule has 0 saturated carbocycles. The Hall–Kier alpha value is 0.550. The van der Waals surface area contributed by atoms with Gasteiger partial charge in [-0.3, -0.25) is 4.90 Å². The highest BCUT2D eigenvalue weighted by Gasteiger charge is 2.32. The quantitative estimate of drug-likeness (QED) is 0.709. The molecule has 1 aliphatic rings. The van der Waals surface area contributed by atoms with Gasteiger partial charge < -0.3 is 0 Å². The van der Waals surface area contributed by atoms with Gasteiger partial charge in [-0.15, -0.1) is 11.6 Å². The van der Waals surface area contributed by atoms with Crippen molar-refractivity contribution < 1.29 is 8.42 Å². The minimum absolute atomic E-state index is 0.232. The molecule has 1 fully saturated rings. The van der Waals surface area contributed by atoms with Crippen molar-refractivity contribution in [1.29, 1.82) is 0 Å². The molecule has 0 bridgehead atoms. The second-order valence-electron chi connectivity index (χ2n) is 3.56. The first kappa shape index (κ1) is 13.6. The Kier molecular flexibility index (Phi) is 5.74. The van der Waals surface area contributed by atoms with E-state index in [4.69, 9.17) is 11.6 Å². The maximum Gasteiger partial charge on any atom is 0.166 e. The van der Waals surface area contributed by atoms with E-state index in [9.17, 15) is 8.42 Å². The lowest BCUT2D eigenvalue weighted by atomic mass is 10.4. The summed E-state index contributed by atoms with van der Waals surface area (Å²) in [5.41, 5.74) is 0. The van der Waals surface area contributed by atoms with E-state index in [-0.39, 0.29) is 11.1 Å². The molecule has 1 unspecified atom stereocenters. The number of halogens is 1. The molecule has 0 aromatic heterocycles. The Morgan fingerprint density at radius 1 is 1.53 bits per heavy atom. The fourth-order valence-corrected chi connectivity index (χ4v) is 4.89. The van der Waals surface area contributed by atoms with Gasteiger partial charge in [-0.05, 0) is 6.42 Å². The summed E-state index contributed by atoms with van der Waals surface area (Å²) in [6.45, 7) is 3.38. The molecule has 0 aliphatic carbocycles. The van der Waals surface area contributed by atoms with Crippen molar-refractivity contribution in [3.63, 3.8) is 0 Å². The molecular formula is C9H18ClNO2S2. The van der Waals surface area contributed by atoms with Crippen LogP contribution in [0.25, 0.3) is 0 Å². The van der Waals surface area contributed by atoms with Gasteiger partial charge in [0.1, 0.15) is 5.37 Å². The summed E-state index contributed by atoms with van der Waals surface area (Å²) in [6.07, 6.45) is 0.863. The summed E-state index contributed by atoms with van der Waals surface area (Å²) >= 11 is 7.36. The van der Waals surface area contributed by atoms with Gasteiger partial charge in [0.25, 0.3) is 0 Å². The highest BCUT2D eigenvalue weighted by atomic mass is 35.5. The summed E-state index contributed by atoms with van der Waals surface area (Å²) in [4.78, 5) is 2.07. The molecule has 3 nitrogen and oxygen atoms in total. The van der Waals surface area contributed by atoms with Gasteiger partial charge >= 0.3 is 0 Å². The molecule has 1 aliphatic heterocycles.